The second-order valence-corrected chi connectivity index (χ2v) is 11.4. The number of hydrogen-bond acceptors (Lipinski definition) is 10. The number of methoxy groups -OCH3 is 1. The van der Waals surface area contributed by atoms with Crippen molar-refractivity contribution in [3.05, 3.63) is 107 Å². The first kappa shape index (κ1) is 30.8. The number of azo groups is 3. The average Bonchev–Trinajstić information content (AvgIpc) is 3.03. The molecule has 0 aliphatic heterocycles. The highest BCUT2D eigenvalue weighted by atomic mass is 16.5. The van der Waals surface area contributed by atoms with Crippen LogP contribution in [0.25, 0.3) is 21.5 Å². The molecule has 0 aliphatic rings. The van der Waals surface area contributed by atoms with Crippen molar-refractivity contribution < 1.29 is 20.1 Å². The number of phenols is 3. The third-order valence-electron chi connectivity index (χ3n) is 7.81. The molecule has 10 heteroatoms. The summed E-state index contributed by atoms with van der Waals surface area (Å²) in [4.78, 5) is 0. The first-order valence-corrected chi connectivity index (χ1v) is 14.8. The largest absolute Gasteiger partial charge is 0.508 e. The molecule has 3 N–H and O–H groups in total. The molecule has 0 saturated carbocycles. The van der Waals surface area contributed by atoms with Gasteiger partial charge in [0.1, 0.15) is 34.3 Å². The highest BCUT2D eigenvalue weighted by Gasteiger charge is 2.13. The molecule has 0 radical (unpaired) electrons. The van der Waals surface area contributed by atoms with E-state index in [-0.39, 0.29) is 22.9 Å². The van der Waals surface area contributed by atoms with Crippen LogP contribution in [0.2, 0.25) is 0 Å². The van der Waals surface area contributed by atoms with Gasteiger partial charge >= 0.3 is 0 Å². The molecule has 0 aliphatic carbocycles. The molecule has 0 fully saturated rings. The van der Waals surface area contributed by atoms with Crippen LogP contribution in [0.3, 0.4) is 0 Å². The van der Waals surface area contributed by atoms with Gasteiger partial charge in [-0.1, -0.05) is 23.8 Å². The smallest absolute Gasteiger partial charge is 0.151 e. The third kappa shape index (κ3) is 6.48. The first-order chi connectivity index (χ1) is 22.6. The Kier molecular flexibility index (Phi) is 8.32. The fourth-order valence-corrected chi connectivity index (χ4v) is 5.40. The van der Waals surface area contributed by atoms with Crippen molar-refractivity contribution in [2.24, 2.45) is 30.7 Å². The van der Waals surface area contributed by atoms with Gasteiger partial charge in [0.15, 0.2) is 5.75 Å². The molecule has 0 unspecified atom stereocenters. The van der Waals surface area contributed by atoms with E-state index in [1.54, 1.807) is 31.4 Å². The summed E-state index contributed by atoms with van der Waals surface area (Å²) >= 11 is 0. The normalized spacial score (nSPS) is 11.9. The molecule has 10 nitrogen and oxygen atoms in total. The summed E-state index contributed by atoms with van der Waals surface area (Å²) in [6.45, 7) is 7.93. The molecule has 234 valence electrons. The number of benzene rings is 6. The van der Waals surface area contributed by atoms with Crippen molar-refractivity contribution in [2.45, 2.75) is 27.7 Å². The van der Waals surface area contributed by atoms with Crippen molar-refractivity contribution in [1.29, 1.82) is 0 Å². The zero-order valence-corrected chi connectivity index (χ0v) is 26.5. The van der Waals surface area contributed by atoms with Gasteiger partial charge in [0, 0.05) is 17.5 Å². The number of hydrogen-bond donors (Lipinski definition) is 3. The summed E-state index contributed by atoms with van der Waals surface area (Å²) in [5.74, 6) is 0.187. The predicted molar refractivity (Wildman–Crippen MR) is 184 cm³/mol. The Morgan fingerprint density at radius 1 is 0.511 bits per heavy atom. The SMILES string of the molecule is COc1cc(N=Nc2ccc3cc(C)cc(C)c3c2)c(C)cc1N=Nc1c(C)cc2cc(N=Nc3ccc(O)cc3O)ccc2c1O. The van der Waals surface area contributed by atoms with Crippen LogP contribution in [0.1, 0.15) is 22.3 Å². The summed E-state index contributed by atoms with van der Waals surface area (Å²) in [6, 6.07) is 25.1. The molecular formula is C37H32N6O4. The van der Waals surface area contributed by atoms with E-state index in [4.69, 9.17) is 4.74 Å². The number of nitrogens with zero attached hydrogens (tertiary/aromatic N) is 6. The molecule has 6 aromatic rings. The quantitative estimate of drug-likeness (QED) is 0.152. The van der Waals surface area contributed by atoms with Crippen molar-refractivity contribution in [3.63, 3.8) is 0 Å². The van der Waals surface area contributed by atoms with Crippen LogP contribution < -0.4 is 4.74 Å². The number of rotatable bonds is 7. The molecule has 0 saturated heterocycles. The number of fused-ring (bicyclic) bond motifs is 2. The van der Waals surface area contributed by atoms with E-state index < -0.39 is 0 Å². The molecule has 0 amide bonds. The third-order valence-corrected chi connectivity index (χ3v) is 7.81. The molecule has 0 atom stereocenters. The van der Waals surface area contributed by atoms with E-state index in [9.17, 15) is 15.3 Å². The van der Waals surface area contributed by atoms with Crippen LogP contribution in [-0.2, 0) is 0 Å². The van der Waals surface area contributed by atoms with Gasteiger partial charge in [0.2, 0.25) is 0 Å². The lowest BCUT2D eigenvalue weighted by Crippen LogP contribution is -1.85. The second kappa shape index (κ2) is 12.7. The first-order valence-electron chi connectivity index (χ1n) is 14.8. The molecule has 0 heterocycles. The van der Waals surface area contributed by atoms with Gasteiger partial charge in [0.25, 0.3) is 0 Å². The Morgan fingerprint density at radius 2 is 1.23 bits per heavy atom. The summed E-state index contributed by atoms with van der Waals surface area (Å²) in [5.41, 5.74) is 6.87. The minimum atomic E-state index is -0.185. The average molecular weight is 625 g/mol. The standard InChI is InChI=1S/C37H32N6O4/c1-20-12-21(2)30-17-27(7-6-24(30)13-20)39-41-32-19-35(47-5)33(15-22(32)3)42-43-36-23(4)14-25-16-26(8-10-29(25)37(36)46)38-40-31-11-9-28(44)18-34(31)45/h6-19,44-46H,1-5H3. The molecule has 6 aromatic carbocycles. The molecule has 6 rings (SSSR count). The number of ether oxygens (including phenoxy) is 1. The number of phenolic OH excluding ortho intramolecular Hbond substituents is 3. The van der Waals surface area contributed by atoms with E-state index >= 15 is 0 Å². The second-order valence-electron chi connectivity index (χ2n) is 11.4. The van der Waals surface area contributed by atoms with Crippen LogP contribution in [-0.4, -0.2) is 22.4 Å². The van der Waals surface area contributed by atoms with Gasteiger partial charge in [-0.05, 0) is 115 Å². The minimum Gasteiger partial charge on any atom is -0.508 e. The highest BCUT2D eigenvalue weighted by Crippen LogP contribution is 2.42. The van der Waals surface area contributed by atoms with Crippen molar-refractivity contribution in [1.82, 2.24) is 0 Å². The minimum absolute atomic E-state index is 0.0229. The predicted octanol–water partition coefficient (Wildman–Crippen LogP) is 11.6. The van der Waals surface area contributed by atoms with Gasteiger partial charge in [-0.3, -0.25) is 0 Å². The zero-order valence-electron chi connectivity index (χ0n) is 26.5. The van der Waals surface area contributed by atoms with Gasteiger partial charge in [-0.25, -0.2) is 0 Å². The molecule has 0 spiro atoms. The van der Waals surface area contributed by atoms with E-state index in [1.807, 2.05) is 38.1 Å². The molecule has 0 bridgehead atoms. The Hall–Kier alpha value is -6.16. The van der Waals surface area contributed by atoms with E-state index in [2.05, 4.69) is 62.7 Å². The van der Waals surface area contributed by atoms with Crippen LogP contribution in [0.4, 0.5) is 34.1 Å². The number of aromatic hydroxyl groups is 3. The molecule has 0 aromatic heterocycles. The maximum Gasteiger partial charge on any atom is 0.151 e. The van der Waals surface area contributed by atoms with Crippen molar-refractivity contribution in [2.75, 3.05) is 7.11 Å². The summed E-state index contributed by atoms with van der Waals surface area (Å²) in [5, 5.41) is 60.3. The van der Waals surface area contributed by atoms with E-state index in [0.717, 1.165) is 22.0 Å². The Labute approximate surface area is 271 Å². The van der Waals surface area contributed by atoms with E-state index in [1.165, 1.54) is 34.7 Å². The maximum absolute atomic E-state index is 11.1. The van der Waals surface area contributed by atoms with Gasteiger partial charge in [0.05, 0.1) is 24.2 Å². The van der Waals surface area contributed by atoms with Crippen LogP contribution in [0.15, 0.2) is 116 Å². The van der Waals surface area contributed by atoms with Crippen molar-refractivity contribution >= 4 is 55.7 Å². The zero-order chi connectivity index (χ0) is 33.2. The van der Waals surface area contributed by atoms with Gasteiger partial charge < -0.3 is 20.1 Å². The van der Waals surface area contributed by atoms with E-state index in [0.29, 0.717) is 39.4 Å². The highest BCUT2D eigenvalue weighted by molar-refractivity contribution is 5.95. The lowest BCUT2D eigenvalue weighted by Gasteiger charge is -2.10. The molecule has 47 heavy (non-hydrogen) atoms. The topological polar surface area (TPSA) is 144 Å². The summed E-state index contributed by atoms with van der Waals surface area (Å²) < 4.78 is 5.61. The lowest BCUT2D eigenvalue weighted by atomic mass is 10.0. The lowest BCUT2D eigenvalue weighted by molar-refractivity contribution is 0.416. The van der Waals surface area contributed by atoms with Gasteiger partial charge in [-0.15, -0.1) is 15.3 Å². The Balaban J connectivity index is 1.26. The van der Waals surface area contributed by atoms with Gasteiger partial charge in [-0.2, -0.15) is 15.3 Å². The fraction of sp³-hybridized carbons (Fsp3) is 0.135. The monoisotopic (exact) mass is 624 g/mol. The summed E-state index contributed by atoms with van der Waals surface area (Å²) in [7, 11) is 1.55. The maximum atomic E-state index is 11.1. The Morgan fingerprint density at radius 3 is 2.00 bits per heavy atom. The Bertz CT molecular complexity index is 2280. The van der Waals surface area contributed by atoms with Crippen LogP contribution in [0.5, 0.6) is 23.0 Å². The number of aryl methyl sites for hydroxylation is 4. The molecular weight excluding hydrogens is 592 g/mol. The van der Waals surface area contributed by atoms with Crippen LogP contribution >= 0.6 is 0 Å². The fourth-order valence-electron chi connectivity index (χ4n) is 5.40. The van der Waals surface area contributed by atoms with Crippen LogP contribution in [0, 0.1) is 27.7 Å². The van der Waals surface area contributed by atoms with Crippen molar-refractivity contribution in [3.8, 4) is 23.0 Å². The summed E-state index contributed by atoms with van der Waals surface area (Å²) in [6.07, 6.45) is 0.